The third-order valence-electron chi connectivity index (χ3n) is 6.22. The number of hydrogen-bond acceptors (Lipinski definition) is 5. The highest BCUT2D eigenvalue weighted by Gasteiger charge is 2.49. The molecule has 28 heavy (non-hydrogen) atoms. The first kappa shape index (κ1) is 20.9. The van der Waals surface area contributed by atoms with Crippen molar-refractivity contribution in [3.05, 3.63) is 23.8 Å². The number of nitrogens with zero attached hydrogens (tertiary/aromatic N) is 1. The van der Waals surface area contributed by atoms with E-state index < -0.39 is 5.60 Å². The Labute approximate surface area is 167 Å². The van der Waals surface area contributed by atoms with E-state index in [1.54, 1.807) is 6.07 Å². The number of ether oxygens (including phenoxy) is 1. The average Bonchev–Trinajstić information content (AvgIpc) is 2.68. The summed E-state index contributed by atoms with van der Waals surface area (Å²) in [6.45, 7) is 6.08. The minimum atomic E-state index is -0.678. The molecule has 6 heteroatoms. The Bertz CT molecular complexity index is 681. The van der Waals surface area contributed by atoms with Gasteiger partial charge in [-0.05, 0) is 50.3 Å². The summed E-state index contributed by atoms with van der Waals surface area (Å²) in [5, 5.41) is 24.4. The highest BCUT2D eigenvalue weighted by Crippen LogP contribution is 2.49. The maximum absolute atomic E-state index is 12.4. The number of aromatic hydroxyl groups is 1. The molecule has 156 valence electrons. The van der Waals surface area contributed by atoms with Gasteiger partial charge >= 0.3 is 0 Å². The van der Waals surface area contributed by atoms with Gasteiger partial charge in [0.05, 0.1) is 18.8 Å². The quantitative estimate of drug-likeness (QED) is 0.667. The molecule has 1 aliphatic heterocycles. The van der Waals surface area contributed by atoms with Crippen LogP contribution in [0.25, 0.3) is 0 Å². The van der Waals surface area contributed by atoms with Crippen LogP contribution in [0.4, 0.5) is 0 Å². The number of likely N-dealkylation sites (tertiary alicyclic amines) is 1. The van der Waals surface area contributed by atoms with Crippen LogP contribution in [0.5, 0.6) is 11.5 Å². The maximum Gasteiger partial charge on any atom is 0.234 e. The number of piperidine rings is 1. The van der Waals surface area contributed by atoms with Crippen molar-refractivity contribution in [1.29, 1.82) is 0 Å². The van der Waals surface area contributed by atoms with Crippen LogP contribution in [0.3, 0.4) is 0 Å². The molecule has 0 aromatic heterocycles. The molecule has 0 bridgehead atoms. The fraction of sp³-hybridized carbons (Fsp3) is 0.682. The molecule has 1 heterocycles. The number of nitrogens with one attached hydrogen (secondary N) is 1. The molecule has 1 saturated carbocycles. The fourth-order valence-electron chi connectivity index (χ4n) is 4.85. The van der Waals surface area contributed by atoms with E-state index in [-0.39, 0.29) is 23.6 Å². The summed E-state index contributed by atoms with van der Waals surface area (Å²) in [7, 11) is 0. The second-order valence-electron chi connectivity index (χ2n) is 8.13. The molecule has 6 nitrogen and oxygen atoms in total. The van der Waals surface area contributed by atoms with Crippen LogP contribution < -0.4 is 10.1 Å². The molecule has 0 spiro atoms. The van der Waals surface area contributed by atoms with Crippen molar-refractivity contribution in [2.75, 3.05) is 26.2 Å². The van der Waals surface area contributed by atoms with Gasteiger partial charge < -0.3 is 20.3 Å². The standard InChI is InChI=1S/C22H34N2O4/c1-3-12-23-20(26)15-24-13-11-22(27)10-6-5-7-17(22)21(24)16-8-9-18(25)19(14-16)28-4-2/h8-9,14,17,21,25,27H,3-7,10-13,15H2,1-2H3,(H,23,26). The van der Waals surface area contributed by atoms with Crippen LogP contribution in [-0.2, 0) is 4.79 Å². The second kappa shape index (κ2) is 9.14. The number of carbonyl (C=O) groups excluding carboxylic acids is 1. The molecule has 1 aromatic carbocycles. The summed E-state index contributed by atoms with van der Waals surface area (Å²) in [5.41, 5.74) is 0.317. The summed E-state index contributed by atoms with van der Waals surface area (Å²) in [6.07, 6.45) is 5.52. The molecule has 0 radical (unpaired) electrons. The summed E-state index contributed by atoms with van der Waals surface area (Å²) < 4.78 is 5.59. The molecule has 3 rings (SSSR count). The molecule has 2 fully saturated rings. The van der Waals surface area contributed by atoms with Gasteiger partial charge in [0.2, 0.25) is 5.91 Å². The Kier molecular flexibility index (Phi) is 6.83. The smallest absolute Gasteiger partial charge is 0.234 e. The first-order valence-electron chi connectivity index (χ1n) is 10.7. The van der Waals surface area contributed by atoms with Gasteiger partial charge in [-0.3, -0.25) is 9.69 Å². The van der Waals surface area contributed by atoms with E-state index >= 15 is 0 Å². The molecule has 1 saturated heterocycles. The lowest BCUT2D eigenvalue weighted by molar-refractivity contribution is -0.137. The number of aliphatic hydroxyl groups is 1. The van der Waals surface area contributed by atoms with Crippen molar-refractivity contribution in [3.8, 4) is 11.5 Å². The third kappa shape index (κ3) is 4.44. The van der Waals surface area contributed by atoms with Gasteiger partial charge in [-0.15, -0.1) is 0 Å². The highest BCUT2D eigenvalue weighted by atomic mass is 16.5. The SMILES string of the molecule is CCCNC(=O)CN1CCC2(O)CCCCC2C1c1ccc(O)c(OCC)c1. The summed E-state index contributed by atoms with van der Waals surface area (Å²) >= 11 is 0. The molecule has 1 aliphatic carbocycles. The Morgan fingerprint density at radius 3 is 2.89 bits per heavy atom. The molecular weight excluding hydrogens is 356 g/mol. The lowest BCUT2D eigenvalue weighted by Gasteiger charge is -2.52. The molecular formula is C22H34N2O4. The largest absolute Gasteiger partial charge is 0.504 e. The molecule has 1 aromatic rings. The first-order valence-corrected chi connectivity index (χ1v) is 10.7. The van der Waals surface area contributed by atoms with Crippen molar-refractivity contribution < 1.29 is 19.7 Å². The van der Waals surface area contributed by atoms with Gasteiger partial charge in [0.25, 0.3) is 0 Å². The van der Waals surface area contributed by atoms with E-state index in [9.17, 15) is 15.0 Å². The lowest BCUT2D eigenvalue weighted by Crippen LogP contribution is -2.56. The Morgan fingerprint density at radius 2 is 2.14 bits per heavy atom. The number of fused-ring (bicyclic) bond motifs is 1. The van der Waals surface area contributed by atoms with Gasteiger partial charge in [-0.25, -0.2) is 0 Å². The van der Waals surface area contributed by atoms with Gasteiger partial charge in [-0.1, -0.05) is 25.8 Å². The number of rotatable bonds is 7. The maximum atomic E-state index is 12.4. The van der Waals surface area contributed by atoms with E-state index in [0.717, 1.165) is 37.7 Å². The number of carbonyl (C=O) groups is 1. The van der Waals surface area contributed by atoms with E-state index in [1.165, 1.54) is 0 Å². The molecule has 3 unspecified atom stereocenters. The minimum Gasteiger partial charge on any atom is -0.504 e. The zero-order valence-electron chi connectivity index (χ0n) is 17.1. The van der Waals surface area contributed by atoms with Crippen molar-refractivity contribution in [1.82, 2.24) is 10.2 Å². The van der Waals surface area contributed by atoms with Gasteiger partial charge in [0.15, 0.2) is 11.5 Å². The van der Waals surface area contributed by atoms with Crippen LogP contribution in [-0.4, -0.2) is 52.9 Å². The summed E-state index contributed by atoms with van der Waals surface area (Å²) in [6, 6.07) is 5.37. The normalized spacial score (nSPS) is 27.8. The Balaban J connectivity index is 1.91. The minimum absolute atomic E-state index is 0.0249. The van der Waals surface area contributed by atoms with E-state index in [4.69, 9.17) is 4.74 Å². The van der Waals surface area contributed by atoms with Crippen LogP contribution in [0.2, 0.25) is 0 Å². The van der Waals surface area contributed by atoms with E-state index in [1.807, 2.05) is 26.0 Å². The van der Waals surface area contributed by atoms with Crippen LogP contribution in [0.15, 0.2) is 18.2 Å². The van der Waals surface area contributed by atoms with Crippen molar-refractivity contribution >= 4 is 5.91 Å². The molecule has 1 amide bonds. The van der Waals surface area contributed by atoms with Gasteiger partial charge in [-0.2, -0.15) is 0 Å². The molecule has 2 aliphatic rings. The van der Waals surface area contributed by atoms with Crippen LogP contribution in [0.1, 0.15) is 64.0 Å². The predicted molar refractivity (Wildman–Crippen MR) is 108 cm³/mol. The Hall–Kier alpha value is -1.79. The zero-order chi connectivity index (χ0) is 20.1. The number of phenolic OH excluding ortho intramolecular Hbond substituents is 1. The molecule has 3 atom stereocenters. The number of amides is 1. The lowest BCUT2D eigenvalue weighted by atomic mass is 9.66. The topological polar surface area (TPSA) is 82.0 Å². The van der Waals surface area contributed by atoms with E-state index in [0.29, 0.717) is 38.4 Å². The predicted octanol–water partition coefficient (Wildman–Crippen LogP) is 2.99. The van der Waals surface area contributed by atoms with Crippen LogP contribution >= 0.6 is 0 Å². The summed E-state index contributed by atoms with van der Waals surface area (Å²) in [4.78, 5) is 14.6. The number of benzene rings is 1. The fourth-order valence-corrected chi connectivity index (χ4v) is 4.85. The van der Waals surface area contributed by atoms with Gasteiger partial charge in [0, 0.05) is 25.0 Å². The average molecular weight is 391 g/mol. The number of phenols is 1. The second-order valence-corrected chi connectivity index (χ2v) is 8.13. The molecule has 3 N–H and O–H groups in total. The van der Waals surface area contributed by atoms with E-state index in [2.05, 4.69) is 10.2 Å². The van der Waals surface area contributed by atoms with Gasteiger partial charge in [0.1, 0.15) is 0 Å². The van der Waals surface area contributed by atoms with Crippen molar-refractivity contribution in [2.24, 2.45) is 5.92 Å². The monoisotopic (exact) mass is 390 g/mol. The Morgan fingerprint density at radius 1 is 1.32 bits per heavy atom. The highest BCUT2D eigenvalue weighted by molar-refractivity contribution is 5.78. The van der Waals surface area contributed by atoms with Crippen molar-refractivity contribution in [3.63, 3.8) is 0 Å². The van der Waals surface area contributed by atoms with Crippen LogP contribution in [0, 0.1) is 5.92 Å². The first-order chi connectivity index (χ1) is 13.5. The summed E-state index contributed by atoms with van der Waals surface area (Å²) in [5.74, 6) is 0.678. The third-order valence-corrected chi connectivity index (χ3v) is 6.22. The van der Waals surface area contributed by atoms with Crippen molar-refractivity contribution in [2.45, 2.75) is 64.0 Å². The zero-order valence-corrected chi connectivity index (χ0v) is 17.1. The number of hydrogen-bond donors (Lipinski definition) is 3.